The van der Waals surface area contributed by atoms with Gasteiger partial charge in [-0.1, -0.05) is 39.4 Å². The number of carbonyl (C=O) groups excluding carboxylic acids is 2. The number of anilines is 1. The zero-order valence-corrected chi connectivity index (χ0v) is 19.0. The highest BCUT2D eigenvalue weighted by molar-refractivity contribution is 9.10. The molecular formula is C22H22BrN3O3S. The molecule has 1 aliphatic rings. The van der Waals surface area contributed by atoms with Crippen LogP contribution >= 0.6 is 27.3 Å². The fourth-order valence-corrected chi connectivity index (χ4v) is 4.90. The van der Waals surface area contributed by atoms with Gasteiger partial charge >= 0.3 is 0 Å². The van der Waals surface area contributed by atoms with E-state index in [1.54, 1.807) is 29.2 Å². The molecule has 156 valence electrons. The summed E-state index contributed by atoms with van der Waals surface area (Å²) in [6.07, 6.45) is 0. The molecule has 30 heavy (non-hydrogen) atoms. The van der Waals surface area contributed by atoms with Crippen molar-refractivity contribution in [2.45, 2.75) is 6.92 Å². The Morgan fingerprint density at radius 1 is 1.13 bits per heavy atom. The number of fused-ring (bicyclic) bond motifs is 1. The third-order valence-corrected chi connectivity index (χ3v) is 6.63. The zero-order chi connectivity index (χ0) is 21.1. The van der Waals surface area contributed by atoms with Crippen LogP contribution in [0, 0.1) is 0 Å². The van der Waals surface area contributed by atoms with Crippen molar-refractivity contribution in [2.24, 2.45) is 0 Å². The second kappa shape index (κ2) is 9.34. The summed E-state index contributed by atoms with van der Waals surface area (Å²) in [7, 11) is 0. The molecule has 2 aromatic carbocycles. The van der Waals surface area contributed by atoms with E-state index in [1.807, 2.05) is 18.2 Å². The monoisotopic (exact) mass is 487 g/mol. The summed E-state index contributed by atoms with van der Waals surface area (Å²) in [4.78, 5) is 33.7. The molecule has 8 heteroatoms. The van der Waals surface area contributed by atoms with Crippen LogP contribution in [0.3, 0.4) is 0 Å². The number of carbonyl (C=O) groups is 2. The van der Waals surface area contributed by atoms with Gasteiger partial charge in [0.15, 0.2) is 10.9 Å². The Bertz CT molecular complexity index is 1060. The lowest BCUT2D eigenvalue weighted by Gasteiger charge is -2.29. The lowest BCUT2D eigenvalue weighted by molar-refractivity contribution is 0.0391. The molecule has 0 atom stereocenters. The van der Waals surface area contributed by atoms with Crippen molar-refractivity contribution in [1.29, 1.82) is 0 Å². The SMILES string of the molecule is CC(=O)c1ccc(C(=O)N(CCN2CCOCC2)c2nc3ccc(Br)cc3s2)cc1. The Labute approximate surface area is 187 Å². The molecule has 0 aliphatic carbocycles. The van der Waals surface area contributed by atoms with Gasteiger partial charge in [0.2, 0.25) is 0 Å². The van der Waals surface area contributed by atoms with E-state index in [4.69, 9.17) is 9.72 Å². The third-order valence-electron chi connectivity index (χ3n) is 5.10. The smallest absolute Gasteiger partial charge is 0.260 e. The summed E-state index contributed by atoms with van der Waals surface area (Å²) in [5.74, 6) is -0.133. The minimum absolute atomic E-state index is 0.0186. The highest BCUT2D eigenvalue weighted by Crippen LogP contribution is 2.31. The summed E-state index contributed by atoms with van der Waals surface area (Å²) in [6.45, 7) is 5.97. The van der Waals surface area contributed by atoms with E-state index < -0.39 is 0 Å². The van der Waals surface area contributed by atoms with Crippen molar-refractivity contribution < 1.29 is 14.3 Å². The first-order valence-corrected chi connectivity index (χ1v) is 11.4. The number of amides is 1. The molecule has 2 heterocycles. The van der Waals surface area contributed by atoms with E-state index in [2.05, 4.69) is 20.8 Å². The number of aromatic nitrogens is 1. The molecule has 1 saturated heterocycles. The van der Waals surface area contributed by atoms with E-state index in [1.165, 1.54) is 18.3 Å². The highest BCUT2D eigenvalue weighted by Gasteiger charge is 2.23. The van der Waals surface area contributed by atoms with Gasteiger partial charge in [-0.2, -0.15) is 0 Å². The molecule has 6 nitrogen and oxygen atoms in total. The van der Waals surface area contributed by atoms with Gasteiger partial charge in [-0.3, -0.25) is 19.4 Å². The highest BCUT2D eigenvalue weighted by atomic mass is 79.9. The number of Topliss-reactive ketones (excluding diaryl/α,β-unsaturated/α-hetero) is 1. The number of morpholine rings is 1. The Balaban J connectivity index is 1.62. The van der Waals surface area contributed by atoms with Crippen molar-refractivity contribution in [3.63, 3.8) is 0 Å². The molecule has 0 saturated carbocycles. The molecule has 1 fully saturated rings. The number of nitrogens with zero attached hydrogens (tertiary/aromatic N) is 3. The number of ether oxygens (including phenoxy) is 1. The second-order valence-electron chi connectivity index (χ2n) is 7.15. The van der Waals surface area contributed by atoms with Crippen molar-refractivity contribution in [2.75, 3.05) is 44.3 Å². The van der Waals surface area contributed by atoms with Crippen LogP contribution in [0.1, 0.15) is 27.6 Å². The molecule has 1 aliphatic heterocycles. The van der Waals surface area contributed by atoms with Gasteiger partial charge in [0, 0.05) is 41.8 Å². The number of thiazole rings is 1. The van der Waals surface area contributed by atoms with Crippen LogP contribution in [0.5, 0.6) is 0 Å². The van der Waals surface area contributed by atoms with Crippen LogP contribution in [-0.4, -0.2) is 61.0 Å². The van der Waals surface area contributed by atoms with E-state index in [0.717, 1.165) is 47.5 Å². The number of halogens is 1. The molecular weight excluding hydrogens is 466 g/mol. The summed E-state index contributed by atoms with van der Waals surface area (Å²) in [5, 5.41) is 0.678. The first-order valence-electron chi connectivity index (χ1n) is 9.80. The topological polar surface area (TPSA) is 62.7 Å². The van der Waals surface area contributed by atoms with E-state index >= 15 is 0 Å². The van der Waals surface area contributed by atoms with Crippen LogP contribution in [-0.2, 0) is 4.74 Å². The Morgan fingerprint density at radius 3 is 2.53 bits per heavy atom. The predicted octanol–water partition coefficient (Wildman–Crippen LogP) is 4.24. The minimum Gasteiger partial charge on any atom is -0.379 e. The number of hydrogen-bond acceptors (Lipinski definition) is 6. The molecule has 0 radical (unpaired) electrons. The quantitative estimate of drug-likeness (QED) is 0.486. The first kappa shape index (κ1) is 21.1. The standard InChI is InChI=1S/C22H22BrN3O3S/c1-15(27)16-2-4-17(5-3-16)21(28)26(9-8-25-10-12-29-13-11-25)22-24-19-7-6-18(23)14-20(19)30-22/h2-7,14H,8-13H2,1H3. The lowest BCUT2D eigenvalue weighted by Crippen LogP contribution is -2.43. The van der Waals surface area contributed by atoms with Gasteiger partial charge < -0.3 is 4.74 Å². The van der Waals surface area contributed by atoms with Crippen LogP contribution in [0.2, 0.25) is 0 Å². The molecule has 0 bridgehead atoms. The van der Waals surface area contributed by atoms with E-state index in [0.29, 0.717) is 22.8 Å². The summed E-state index contributed by atoms with van der Waals surface area (Å²) < 4.78 is 7.43. The number of hydrogen-bond donors (Lipinski definition) is 0. The van der Waals surface area contributed by atoms with Crippen molar-refractivity contribution in [3.05, 3.63) is 58.1 Å². The van der Waals surface area contributed by atoms with Crippen molar-refractivity contribution in [3.8, 4) is 0 Å². The van der Waals surface area contributed by atoms with Crippen molar-refractivity contribution in [1.82, 2.24) is 9.88 Å². The average molecular weight is 488 g/mol. The maximum absolute atomic E-state index is 13.4. The number of rotatable bonds is 6. The van der Waals surface area contributed by atoms with Crippen LogP contribution in [0.25, 0.3) is 10.2 Å². The van der Waals surface area contributed by atoms with Gasteiger partial charge in [0.05, 0.1) is 23.4 Å². The number of ketones is 1. The summed E-state index contributed by atoms with van der Waals surface area (Å²) in [6, 6.07) is 12.7. The Kier molecular flexibility index (Phi) is 6.58. The van der Waals surface area contributed by atoms with Gasteiger partial charge in [-0.25, -0.2) is 4.98 Å². The first-order chi connectivity index (χ1) is 14.5. The van der Waals surface area contributed by atoms with Crippen LogP contribution in [0.15, 0.2) is 46.9 Å². The lowest BCUT2D eigenvalue weighted by atomic mass is 10.1. The van der Waals surface area contributed by atoms with Crippen LogP contribution in [0.4, 0.5) is 5.13 Å². The maximum atomic E-state index is 13.4. The summed E-state index contributed by atoms with van der Waals surface area (Å²) >= 11 is 5.00. The van der Waals surface area contributed by atoms with Gasteiger partial charge in [0.1, 0.15) is 0 Å². The second-order valence-corrected chi connectivity index (χ2v) is 9.08. The van der Waals surface area contributed by atoms with Crippen LogP contribution < -0.4 is 4.90 Å². The Morgan fingerprint density at radius 2 is 1.83 bits per heavy atom. The molecule has 3 aromatic rings. The molecule has 0 spiro atoms. The summed E-state index contributed by atoms with van der Waals surface area (Å²) in [5.41, 5.74) is 2.01. The van der Waals surface area contributed by atoms with Gasteiger partial charge in [-0.15, -0.1) is 0 Å². The average Bonchev–Trinajstić information content (AvgIpc) is 3.17. The van der Waals surface area contributed by atoms with Crippen molar-refractivity contribution >= 4 is 54.3 Å². The van der Waals surface area contributed by atoms with Gasteiger partial charge in [0.25, 0.3) is 5.91 Å². The normalized spacial score (nSPS) is 14.7. The predicted molar refractivity (Wildman–Crippen MR) is 123 cm³/mol. The minimum atomic E-state index is -0.114. The molecule has 1 aromatic heterocycles. The van der Waals surface area contributed by atoms with E-state index in [-0.39, 0.29) is 11.7 Å². The zero-order valence-electron chi connectivity index (χ0n) is 16.6. The maximum Gasteiger partial charge on any atom is 0.260 e. The molecule has 1 amide bonds. The molecule has 0 unspecified atom stereocenters. The Hall–Kier alpha value is -2.13. The third kappa shape index (κ3) is 4.78. The molecule has 0 N–H and O–H groups in total. The fraction of sp³-hybridized carbons (Fsp3) is 0.318. The van der Waals surface area contributed by atoms with E-state index in [9.17, 15) is 9.59 Å². The fourth-order valence-electron chi connectivity index (χ4n) is 3.36. The van der Waals surface area contributed by atoms with Gasteiger partial charge in [-0.05, 0) is 37.3 Å². The number of benzene rings is 2. The molecule has 4 rings (SSSR count). The largest absolute Gasteiger partial charge is 0.379 e.